The van der Waals surface area contributed by atoms with Gasteiger partial charge in [0.15, 0.2) is 0 Å². The Hall–Kier alpha value is -3.12. The van der Waals surface area contributed by atoms with Gasteiger partial charge in [0.1, 0.15) is 18.2 Å². The van der Waals surface area contributed by atoms with E-state index in [1.54, 1.807) is 24.5 Å². The first-order valence-corrected chi connectivity index (χ1v) is 11.2. The van der Waals surface area contributed by atoms with Crippen LogP contribution in [0.15, 0.2) is 52.5 Å². The number of nitrogens with zero attached hydrogens (tertiary/aromatic N) is 5. The van der Waals surface area contributed by atoms with Gasteiger partial charge in [-0.05, 0) is 36.9 Å². The number of ether oxygens (including phenoxy) is 1. The summed E-state index contributed by atoms with van der Waals surface area (Å²) in [5.74, 6) is -0.274. The number of nitrogen functional groups attached to an aromatic ring is 1. The molecule has 3 heterocycles. The lowest BCUT2D eigenvalue weighted by Crippen LogP contribution is -2.45. The molecule has 0 saturated carbocycles. The topological polar surface area (TPSA) is 80.4 Å². The van der Waals surface area contributed by atoms with Gasteiger partial charge in [0.2, 0.25) is 11.8 Å². The average molecular weight is 495 g/mol. The molecule has 180 valence electrons. The maximum atomic E-state index is 13.6. The molecule has 0 unspecified atom stereocenters. The van der Waals surface area contributed by atoms with Crippen LogP contribution in [0.2, 0.25) is 0 Å². The van der Waals surface area contributed by atoms with Crippen LogP contribution >= 0.6 is 11.8 Å². The number of hydrogen-bond donors (Lipinski definition) is 1. The number of benzene rings is 1. The maximum Gasteiger partial charge on any atom is 0.419 e. The zero-order valence-electron chi connectivity index (χ0n) is 18.2. The van der Waals surface area contributed by atoms with Gasteiger partial charge in [0.05, 0.1) is 16.7 Å². The Morgan fingerprint density at radius 1 is 1.06 bits per heavy atom. The van der Waals surface area contributed by atoms with Crippen molar-refractivity contribution in [1.82, 2.24) is 19.9 Å². The van der Waals surface area contributed by atoms with Crippen LogP contribution in [-0.4, -0.2) is 53.1 Å². The summed E-state index contributed by atoms with van der Waals surface area (Å²) in [6.07, 6.45) is -1.59. The Morgan fingerprint density at radius 3 is 2.50 bits per heavy atom. The number of aromatic nitrogens is 3. The van der Waals surface area contributed by atoms with Crippen LogP contribution in [0.3, 0.4) is 0 Å². The fourth-order valence-corrected chi connectivity index (χ4v) is 4.08. The van der Waals surface area contributed by atoms with E-state index in [4.69, 9.17) is 10.5 Å². The highest BCUT2D eigenvalue weighted by atomic mass is 32.2. The predicted molar refractivity (Wildman–Crippen MR) is 120 cm³/mol. The van der Waals surface area contributed by atoms with Crippen molar-refractivity contribution in [1.29, 1.82) is 0 Å². The average Bonchev–Trinajstić information content (AvgIpc) is 2.80. The fraction of sp³-hybridized carbons (Fsp3) is 0.318. The van der Waals surface area contributed by atoms with Crippen LogP contribution in [0, 0.1) is 5.82 Å². The first-order chi connectivity index (χ1) is 16.2. The van der Waals surface area contributed by atoms with Crippen molar-refractivity contribution >= 4 is 23.5 Å². The number of nitrogens with two attached hydrogens (primary N) is 1. The van der Waals surface area contributed by atoms with Crippen LogP contribution in [0.1, 0.15) is 11.1 Å². The highest BCUT2D eigenvalue weighted by Crippen LogP contribution is 2.35. The van der Waals surface area contributed by atoms with E-state index >= 15 is 0 Å². The summed E-state index contributed by atoms with van der Waals surface area (Å²) in [5, 5.41) is 0. The lowest BCUT2D eigenvalue weighted by Gasteiger charge is -2.32. The number of alkyl halides is 3. The predicted octanol–water partition coefficient (Wildman–Crippen LogP) is 4.09. The van der Waals surface area contributed by atoms with E-state index in [9.17, 15) is 17.6 Å². The van der Waals surface area contributed by atoms with Gasteiger partial charge in [-0.2, -0.15) is 18.2 Å². The Morgan fingerprint density at radius 2 is 1.82 bits per heavy atom. The molecule has 0 spiro atoms. The van der Waals surface area contributed by atoms with Gasteiger partial charge in [0, 0.05) is 37.3 Å². The fourth-order valence-electron chi connectivity index (χ4n) is 3.29. The highest BCUT2D eigenvalue weighted by Gasteiger charge is 2.34. The number of piperazine rings is 1. The molecule has 1 fully saturated rings. The second-order valence-corrected chi connectivity index (χ2v) is 8.87. The van der Waals surface area contributed by atoms with Gasteiger partial charge in [-0.15, -0.1) is 0 Å². The summed E-state index contributed by atoms with van der Waals surface area (Å²) in [6, 6.07) is 6.21. The Kier molecular flexibility index (Phi) is 7.08. The third-order valence-electron chi connectivity index (χ3n) is 5.19. The van der Waals surface area contributed by atoms with Crippen molar-refractivity contribution in [2.75, 3.05) is 43.9 Å². The highest BCUT2D eigenvalue weighted by molar-refractivity contribution is 7.99. The minimum Gasteiger partial charge on any atom is -0.472 e. The SMILES string of the molecule is CN1CCN(c2ncc(Sc3ccc(N)nc3)c(OCc3ccc(F)c(C(F)(F)F)c3)n2)CC1. The second kappa shape index (κ2) is 10.0. The lowest BCUT2D eigenvalue weighted by atomic mass is 10.1. The van der Waals surface area contributed by atoms with E-state index in [2.05, 4.69) is 19.9 Å². The zero-order chi connectivity index (χ0) is 24.3. The van der Waals surface area contributed by atoms with Crippen LogP contribution in [0.25, 0.3) is 0 Å². The standard InChI is InChI=1S/C22H22F4N6OS/c1-31-6-8-32(9-7-31)21-29-12-18(34-15-3-5-19(27)28-11-15)20(30-21)33-13-14-2-4-17(23)16(10-14)22(24,25)26/h2-5,10-12H,6-9,13H2,1H3,(H2,27,28). The molecule has 1 aliphatic rings. The molecule has 1 aromatic carbocycles. The van der Waals surface area contributed by atoms with E-state index < -0.39 is 17.6 Å². The first kappa shape index (κ1) is 24.0. The lowest BCUT2D eigenvalue weighted by molar-refractivity contribution is -0.140. The van der Waals surface area contributed by atoms with Gasteiger partial charge in [-0.3, -0.25) is 0 Å². The largest absolute Gasteiger partial charge is 0.472 e. The summed E-state index contributed by atoms with van der Waals surface area (Å²) in [4.78, 5) is 18.6. The van der Waals surface area contributed by atoms with Gasteiger partial charge in [-0.1, -0.05) is 17.8 Å². The van der Waals surface area contributed by atoms with Gasteiger partial charge < -0.3 is 20.3 Å². The van der Waals surface area contributed by atoms with Gasteiger partial charge in [-0.25, -0.2) is 14.4 Å². The van der Waals surface area contributed by atoms with Crippen molar-refractivity contribution in [3.63, 3.8) is 0 Å². The van der Waals surface area contributed by atoms with E-state index in [0.717, 1.165) is 43.2 Å². The minimum absolute atomic E-state index is 0.165. The second-order valence-electron chi connectivity index (χ2n) is 7.75. The maximum absolute atomic E-state index is 13.6. The number of rotatable bonds is 6. The van der Waals surface area contributed by atoms with Crippen molar-refractivity contribution in [3.8, 4) is 5.88 Å². The molecular weight excluding hydrogens is 472 g/mol. The molecule has 0 radical (unpaired) electrons. The summed E-state index contributed by atoms with van der Waals surface area (Å²) in [5.41, 5.74) is 4.47. The van der Waals surface area contributed by atoms with Crippen LogP contribution in [0.5, 0.6) is 5.88 Å². The molecule has 1 saturated heterocycles. The van der Waals surface area contributed by atoms with E-state index in [-0.39, 0.29) is 18.1 Å². The minimum atomic E-state index is -4.80. The number of anilines is 2. The third-order valence-corrected chi connectivity index (χ3v) is 6.17. The van der Waals surface area contributed by atoms with Crippen molar-refractivity contribution in [2.24, 2.45) is 0 Å². The molecule has 4 rings (SSSR count). The van der Waals surface area contributed by atoms with Crippen molar-refractivity contribution in [3.05, 3.63) is 59.7 Å². The monoisotopic (exact) mass is 494 g/mol. The summed E-state index contributed by atoms with van der Waals surface area (Å²) in [7, 11) is 2.03. The number of likely N-dealkylation sites (N-methyl/N-ethyl adjacent to an activating group) is 1. The molecule has 7 nitrogen and oxygen atoms in total. The summed E-state index contributed by atoms with van der Waals surface area (Å²) < 4.78 is 58.7. The third kappa shape index (κ3) is 5.86. The smallest absolute Gasteiger partial charge is 0.419 e. The number of halogens is 4. The molecule has 3 aromatic rings. The molecule has 34 heavy (non-hydrogen) atoms. The van der Waals surface area contributed by atoms with Crippen molar-refractivity contribution in [2.45, 2.75) is 22.6 Å². The first-order valence-electron chi connectivity index (χ1n) is 10.4. The molecular formula is C22H22F4N6OS. The van der Waals surface area contributed by atoms with Crippen LogP contribution in [-0.2, 0) is 12.8 Å². The number of hydrogen-bond acceptors (Lipinski definition) is 8. The van der Waals surface area contributed by atoms with E-state index in [1.807, 2.05) is 11.9 Å². The molecule has 1 aliphatic heterocycles. The molecule has 0 atom stereocenters. The molecule has 12 heteroatoms. The van der Waals surface area contributed by atoms with Crippen LogP contribution < -0.4 is 15.4 Å². The molecule has 0 amide bonds. The Balaban J connectivity index is 1.59. The Bertz CT molecular complexity index is 1140. The van der Waals surface area contributed by atoms with E-state index in [1.165, 1.54) is 17.8 Å². The molecule has 2 N–H and O–H groups in total. The summed E-state index contributed by atoms with van der Waals surface area (Å²) >= 11 is 1.29. The quantitative estimate of drug-likeness (QED) is 0.514. The Labute approximate surface area is 198 Å². The van der Waals surface area contributed by atoms with Gasteiger partial charge in [0.25, 0.3) is 0 Å². The molecule has 2 aromatic heterocycles. The molecule has 0 aliphatic carbocycles. The molecule has 0 bridgehead atoms. The van der Waals surface area contributed by atoms with E-state index in [0.29, 0.717) is 16.7 Å². The van der Waals surface area contributed by atoms with Crippen molar-refractivity contribution < 1.29 is 22.3 Å². The summed E-state index contributed by atoms with van der Waals surface area (Å²) in [6.45, 7) is 2.94. The van der Waals surface area contributed by atoms with Gasteiger partial charge >= 0.3 is 6.18 Å². The number of pyridine rings is 1. The van der Waals surface area contributed by atoms with Crippen LogP contribution in [0.4, 0.5) is 29.3 Å². The zero-order valence-corrected chi connectivity index (χ0v) is 19.0. The normalized spacial score (nSPS) is 14.9.